The van der Waals surface area contributed by atoms with Crippen LogP contribution in [0.2, 0.25) is 0 Å². The number of carbonyl (C=O) groups excluding carboxylic acids is 1. The van der Waals surface area contributed by atoms with Crippen LogP contribution in [0.15, 0.2) is 30.5 Å². The summed E-state index contributed by atoms with van der Waals surface area (Å²) in [5, 5.41) is 111. The number of imidazole rings is 2. The van der Waals surface area contributed by atoms with Crippen molar-refractivity contribution in [3.05, 3.63) is 41.9 Å². The summed E-state index contributed by atoms with van der Waals surface area (Å²) >= 11 is 0. The van der Waals surface area contributed by atoms with Crippen molar-refractivity contribution in [3.63, 3.8) is 0 Å². The Morgan fingerprint density at radius 1 is 0.935 bits per heavy atom. The number of aromatic amines is 2. The van der Waals surface area contributed by atoms with E-state index in [2.05, 4.69) is 52.4 Å². The minimum atomic E-state index is -1.69. The van der Waals surface area contributed by atoms with E-state index in [9.17, 15) is 55.5 Å². The molecule has 23 unspecified atom stereocenters. The fraction of sp³-hybridized carbons (Fsp3) is 0.825. The van der Waals surface area contributed by atoms with Crippen LogP contribution in [0.4, 0.5) is 5.82 Å². The van der Waals surface area contributed by atoms with Crippen molar-refractivity contribution in [1.29, 1.82) is 0 Å². The first kappa shape index (κ1) is 55.4. The van der Waals surface area contributed by atoms with Crippen LogP contribution in [-0.2, 0) is 25.5 Å². The van der Waals surface area contributed by atoms with Gasteiger partial charge in [-0.3, -0.25) is 9.59 Å². The summed E-state index contributed by atoms with van der Waals surface area (Å²) in [6.45, 7) is 8.00. The molecule has 0 aromatic carbocycles. The Morgan fingerprint density at radius 2 is 1.70 bits per heavy atom. The number of hydrogen-bond acceptors (Lipinski definition) is 16. The van der Waals surface area contributed by atoms with Crippen LogP contribution in [0.1, 0.15) is 128 Å². The van der Waals surface area contributed by atoms with Crippen molar-refractivity contribution in [3.8, 4) is 0 Å². The van der Waals surface area contributed by atoms with Gasteiger partial charge in [-0.2, -0.15) is 0 Å². The Bertz CT molecular complexity index is 2510. The number of rotatable bonds is 14. The Balaban J connectivity index is 1.13. The predicted molar refractivity (Wildman–Crippen MR) is 279 cm³/mol. The number of amides is 1. The first-order valence-electron chi connectivity index (χ1n) is 28.9. The van der Waals surface area contributed by atoms with Gasteiger partial charge in [0.25, 0.3) is 0 Å². The molecule has 23 atom stereocenters. The first-order valence-corrected chi connectivity index (χ1v) is 28.9. The van der Waals surface area contributed by atoms with Gasteiger partial charge >= 0.3 is 5.97 Å². The van der Waals surface area contributed by atoms with E-state index in [1.54, 1.807) is 18.9 Å². The van der Waals surface area contributed by atoms with Crippen LogP contribution in [0.25, 0.3) is 0 Å². The van der Waals surface area contributed by atoms with Gasteiger partial charge in [0.1, 0.15) is 30.4 Å². The van der Waals surface area contributed by atoms with Crippen molar-refractivity contribution < 1.29 is 65.0 Å². The number of ether oxygens (including phenoxy) is 2. The molecule has 0 spiro atoms. The van der Waals surface area contributed by atoms with Gasteiger partial charge < -0.3 is 81.8 Å². The van der Waals surface area contributed by atoms with Crippen molar-refractivity contribution in [2.75, 3.05) is 38.3 Å². The maximum atomic E-state index is 14.5. The molecule has 6 aliphatic carbocycles. The maximum Gasteiger partial charge on any atom is 0.310 e. The fourth-order valence-electron chi connectivity index (χ4n) is 20.0. The SMILES string of the molecule is CC1(CO)CCC2(C(=O)O)C(C1)C1=CCC3C4(C5CCCC5)C(CC5C(CO)C(=O)NC5C(CCC(N)O)c5cnc[nH]5)C(O)C(OC5OCC(O)C(O)C5O)C(C)(CO)C4CCC3(C)C1(C)C1Cc3[nH]cnc3NCC12. The van der Waals surface area contributed by atoms with E-state index in [1.807, 2.05) is 6.92 Å². The molecule has 20 heteroatoms. The molecule has 2 aromatic heterocycles. The smallest absolute Gasteiger partial charge is 0.310 e. The summed E-state index contributed by atoms with van der Waals surface area (Å²) in [7, 11) is 0. The van der Waals surface area contributed by atoms with Gasteiger partial charge in [-0.25, -0.2) is 9.97 Å². The Hall–Kier alpha value is -3.54. The number of carbonyl (C=O) groups is 2. The lowest BCUT2D eigenvalue weighted by Crippen LogP contribution is -2.76. The van der Waals surface area contributed by atoms with Crippen LogP contribution < -0.4 is 16.4 Å². The standard InChI is InChI=1S/C57H87N7O13/c1-52(24-66)15-16-56(51(74)75)35(19-52)32-10-11-41-54(3,55(32,4)33-18-37-48(63-27-62-37)60-20-36(33)56)14-13-40-53(2,25-67)47(77-50-46(72)45(71)39(68)23-76-50)44(70)34(57(40,41)28-7-5-6-8-28)17-30-31(22-65)49(73)64-43(30)29(9-12-42(58)69)38-21-59-26-61-38/h10,21,26-31,33-36,39-47,50,60,65-72H,5-9,11-20,22-25,58H2,1-4H3,(H,59,61)(H,62,63)(H,64,73)(H,74,75). The van der Waals surface area contributed by atoms with Gasteiger partial charge in [-0.1, -0.05) is 52.2 Å². The number of hydrogen-bond donors (Lipinski definition) is 14. The zero-order valence-electron chi connectivity index (χ0n) is 45.3. The molecule has 1 amide bonds. The minimum Gasteiger partial charge on any atom is -0.481 e. The number of aliphatic hydroxyl groups is 8. The molecule has 11 rings (SSSR count). The van der Waals surface area contributed by atoms with Gasteiger partial charge in [-0.15, -0.1) is 0 Å². The van der Waals surface area contributed by atoms with E-state index in [4.69, 9.17) is 20.2 Å². The molecule has 9 aliphatic rings. The van der Waals surface area contributed by atoms with E-state index < -0.39 is 130 Å². The minimum absolute atomic E-state index is 0.00221. The number of anilines is 1. The van der Waals surface area contributed by atoms with E-state index in [0.29, 0.717) is 57.9 Å². The molecule has 2 saturated heterocycles. The number of aliphatic hydroxyl groups excluding tert-OH is 8. The predicted octanol–water partition coefficient (Wildman–Crippen LogP) is 2.53. The molecule has 5 heterocycles. The summed E-state index contributed by atoms with van der Waals surface area (Å²) in [5.74, 6) is -4.50. The van der Waals surface area contributed by atoms with Crippen LogP contribution >= 0.6 is 0 Å². The molecule has 2 aromatic rings. The highest BCUT2D eigenvalue weighted by Crippen LogP contribution is 2.81. The van der Waals surface area contributed by atoms with Crippen LogP contribution in [0.5, 0.6) is 0 Å². The average molecular weight is 1080 g/mol. The zero-order valence-corrected chi connectivity index (χ0v) is 45.3. The lowest BCUT2D eigenvalue weighted by Gasteiger charge is -2.77. The molecule has 428 valence electrons. The van der Waals surface area contributed by atoms with Crippen LogP contribution in [0.3, 0.4) is 0 Å². The van der Waals surface area contributed by atoms with Gasteiger partial charge in [0, 0.05) is 42.4 Å². The van der Waals surface area contributed by atoms with Crippen molar-refractivity contribution in [2.24, 2.45) is 91.5 Å². The number of nitrogens with one attached hydrogen (secondary N) is 4. The largest absolute Gasteiger partial charge is 0.481 e. The van der Waals surface area contributed by atoms with Crippen LogP contribution in [-0.4, -0.2) is 160 Å². The normalized spacial score (nSPS) is 47.4. The number of allylic oxidation sites excluding steroid dienone is 2. The van der Waals surface area contributed by atoms with Crippen molar-refractivity contribution >= 4 is 17.7 Å². The molecule has 77 heavy (non-hydrogen) atoms. The highest BCUT2D eigenvalue weighted by Gasteiger charge is 2.78. The summed E-state index contributed by atoms with van der Waals surface area (Å²) in [6, 6.07) is -0.612. The summed E-state index contributed by atoms with van der Waals surface area (Å²) in [4.78, 5) is 44.7. The van der Waals surface area contributed by atoms with E-state index in [-0.39, 0.29) is 61.6 Å². The van der Waals surface area contributed by atoms with Crippen molar-refractivity contribution in [1.82, 2.24) is 25.3 Å². The number of aromatic nitrogens is 4. The van der Waals surface area contributed by atoms with Gasteiger partial charge in [0.05, 0.1) is 61.7 Å². The molecule has 20 nitrogen and oxygen atoms in total. The molecule has 0 radical (unpaired) electrons. The molecular formula is C57H87N7O13. The number of H-pyrrole nitrogens is 2. The second-order valence-corrected chi connectivity index (χ2v) is 26.8. The van der Waals surface area contributed by atoms with E-state index in [0.717, 1.165) is 48.5 Å². The topological polar surface area (TPSA) is 342 Å². The van der Waals surface area contributed by atoms with Gasteiger partial charge in [-0.05, 0) is 146 Å². The Kier molecular flexibility index (Phi) is 14.5. The van der Waals surface area contributed by atoms with Gasteiger partial charge in [0.2, 0.25) is 5.91 Å². The Morgan fingerprint density at radius 3 is 2.38 bits per heavy atom. The third-order valence-corrected chi connectivity index (χ3v) is 23.8. The molecule has 3 aliphatic heterocycles. The maximum absolute atomic E-state index is 14.5. The lowest BCUT2D eigenvalue weighted by molar-refractivity contribution is -0.350. The van der Waals surface area contributed by atoms with E-state index >= 15 is 0 Å². The second kappa shape index (κ2) is 20.2. The van der Waals surface area contributed by atoms with E-state index in [1.165, 1.54) is 0 Å². The number of carboxylic acids is 1. The third-order valence-electron chi connectivity index (χ3n) is 23.8. The monoisotopic (exact) mass is 1080 g/mol. The number of carboxylic acid groups (broad SMARTS) is 1. The van der Waals surface area contributed by atoms with Crippen LogP contribution in [0, 0.1) is 85.8 Å². The lowest BCUT2D eigenvalue weighted by atomic mass is 9.27. The fourth-order valence-corrected chi connectivity index (χ4v) is 20.0. The summed E-state index contributed by atoms with van der Waals surface area (Å²) in [6.07, 6.45) is 5.69. The van der Waals surface area contributed by atoms with Gasteiger partial charge in [0.15, 0.2) is 6.29 Å². The summed E-state index contributed by atoms with van der Waals surface area (Å²) < 4.78 is 12.8. The number of aliphatic carboxylic acids is 1. The zero-order chi connectivity index (χ0) is 54.8. The molecule has 5 saturated carbocycles. The summed E-state index contributed by atoms with van der Waals surface area (Å²) in [5.41, 5.74) is 3.90. The molecule has 15 N–H and O–H groups in total. The third kappa shape index (κ3) is 8.05. The average Bonchev–Trinajstić information content (AvgIpc) is 4.39. The molecule has 7 fully saturated rings. The molecule has 0 bridgehead atoms. The van der Waals surface area contributed by atoms with Crippen molar-refractivity contribution in [2.45, 2.75) is 173 Å². The highest BCUT2D eigenvalue weighted by molar-refractivity contribution is 5.82. The second-order valence-electron chi connectivity index (χ2n) is 26.8. The number of fused-ring (bicyclic) bond motifs is 11. The highest BCUT2D eigenvalue weighted by atomic mass is 16.7. The quantitative estimate of drug-likeness (QED) is 0.0734. The molecular weight excluding hydrogens is 991 g/mol. The first-order chi connectivity index (χ1) is 36.7. The number of nitrogens with zero attached hydrogens (tertiary/aromatic N) is 2. The Labute approximate surface area is 450 Å². The number of nitrogens with two attached hydrogens (primary N) is 1.